The maximum atomic E-state index is 11.6. The summed E-state index contributed by atoms with van der Waals surface area (Å²) in [6.07, 6.45) is 7.54. The molecule has 138 valence electrons. The first kappa shape index (κ1) is 22.9. The van der Waals surface area contributed by atoms with Crippen LogP contribution in [0.1, 0.15) is 46.0 Å². The number of aliphatic imine (C=N–C) groups is 1. The molecule has 0 saturated carbocycles. The minimum Gasteiger partial charge on any atom is -0.356 e. The minimum absolute atomic E-state index is 0. The summed E-state index contributed by atoms with van der Waals surface area (Å²) in [6.45, 7) is 7.12. The molecule has 0 radical (unpaired) electrons. The van der Waals surface area contributed by atoms with Gasteiger partial charge in [-0.05, 0) is 31.2 Å². The highest BCUT2D eigenvalue weighted by Gasteiger charge is 1.99. The van der Waals surface area contributed by atoms with Crippen molar-refractivity contribution in [3.05, 3.63) is 34.7 Å². The van der Waals surface area contributed by atoms with Gasteiger partial charge in [-0.3, -0.25) is 9.79 Å². The molecule has 2 N–H and O–H groups in total. The van der Waals surface area contributed by atoms with Crippen LogP contribution in [0, 0.1) is 5.92 Å². The molecule has 1 heterocycles. The second-order valence-electron chi connectivity index (χ2n) is 6.25. The van der Waals surface area contributed by atoms with E-state index >= 15 is 0 Å². The van der Waals surface area contributed by atoms with E-state index in [1.54, 1.807) is 23.7 Å². The zero-order chi connectivity index (χ0) is 16.9. The lowest BCUT2D eigenvalue weighted by molar-refractivity contribution is 0.534. The van der Waals surface area contributed by atoms with E-state index in [1.165, 1.54) is 19.3 Å². The van der Waals surface area contributed by atoms with E-state index in [0.29, 0.717) is 0 Å². The van der Waals surface area contributed by atoms with Crippen LogP contribution in [-0.4, -0.2) is 30.7 Å². The van der Waals surface area contributed by atoms with Crippen LogP contribution >= 0.6 is 24.0 Å². The van der Waals surface area contributed by atoms with Crippen molar-refractivity contribution in [3.63, 3.8) is 0 Å². The third-order valence-electron chi connectivity index (χ3n) is 3.74. The lowest BCUT2D eigenvalue weighted by atomic mass is 10.1. The second-order valence-corrected chi connectivity index (χ2v) is 6.25. The maximum Gasteiger partial charge on any atom is 0.250 e. The highest BCUT2D eigenvalue weighted by atomic mass is 127. The number of rotatable bonds is 10. The first-order valence-corrected chi connectivity index (χ1v) is 8.73. The quantitative estimate of drug-likeness (QED) is 0.250. The Morgan fingerprint density at radius 2 is 1.79 bits per heavy atom. The zero-order valence-corrected chi connectivity index (χ0v) is 17.6. The van der Waals surface area contributed by atoms with Crippen LogP contribution in [0.15, 0.2) is 34.2 Å². The fourth-order valence-corrected chi connectivity index (χ4v) is 2.36. The molecule has 6 heteroatoms. The first-order valence-electron chi connectivity index (χ1n) is 8.73. The summed E-state index contributed by atoms with van der Waals surface area (Å²) in [5.74, 6) is 1.65. The van der Waals surface area contributed by atoms with Gasteiger partial charge in [-0.2, -0.15) is 0 Å². The summed E-state index contributed by atoms with van der Waals surface area (Å²) < 4.78 is 1.75. The van der Waals surface area contributed by atoms with Gasteiger partial charge in [-0.25, -0.2) is 0 Å². The van der Waals surface area contributed by atoms with Gasteiger partial charge in [-0.1, -0.05) is 32.8 Å². The van der Waals surface area contributed by atoms with Gasteiger partial charge in [0, 0.05) is 38.9 Å². The van der Waals surface area contributed by atoms with E-state index in [0.717, 1.165) is 44.4 Å². The smallest absolute Gasteiger partial charge is 0.250 e. The van der Waals surface area contributed by atoms with Crippen LogP contribution in [0.5, 0.6) is 0 Å². The third kappa shape index (κ3) is 10.7. The number of unbranched alkanes of at least 4 members (excludes halogenated alkanes) is 2. The van der Waals surface area contributed by atoms with Crippen molar-refractivity contribution in [2.24, 2.45) is 10.9 Å². The number of nitrogens with zero attached hydrogens (tertiary/aromatic N) is 2. The Morgan fingerprint density at radius 3 is 2.38 bits per heavy atom. The van der Waals surface area contributed by atoms with Gasteiger partial charge < -0.3 is 15.2 Å². The van der Waals surface area contributed by atoms with Crippen LogP contribution in [0.3, 0.4) is 0 Å². The average molecular weight is 448 g/mol. The molecule has 24 heavy (non-hydrogen) atoms. The molecule has 0 amide bonds. The van der Waals surface area contributed by atoms with Gasteiger partial charge in [0.25, 0.3) is 0 Å². The number of nitrogens with one attached hydrogen (secondary N) is 2. The van der Waals surface area contributed by atoms with E-state index in [-0.39, 0.29) is 29.5 Å². The number of hydrogen-bond donors (Lipinski definition) is 2. The fourth-order valence-electron chi connectivity index (χ4n) is 2.36. The molecule has 0 saturated heterocycles. The van der Waals surface area contributed by atoms with E-state index in [4.69, 9.17) is 0 Å². The van der Waals surface area contributed by atoms with Crippen molar-refractivity contribution in [2.75, 3.05) is 20.1 Å². The van der Waals surface area contributed by atoms with Gasteiger partial charge in [0.1, 0.15) is 0 Å². The Hall–Kier alpha value is -1.05. The monoisotopic (exact) mass is 448 g/mol. The maximum absolute atomic E-state index is 11.6. The number of aromatic nitrogens is 1. The van der Waals surface area contributed by atoms with E-state index < -0.39 is 0 Å². The van der Waals surface area contributed by atoms with Crippen LogP contribution in [-0.2, 0) is 6.54 Å². The molecule has 0 spiro atoms. The van der Waals surface area contributed by atoms with Gasteiger partial charge in [-0.15, -0.1) is 24.0 Å². The average Bonchev–Trinajstić information content (AvgIpc) is 2.53. The Balaban J connectivity index is 0.00000529. The molecule has 0 atom stereocenters. The molecule has 1 aromatic heterocycles. The number of pyridine rings is 1. The SMILES string of the molecule is CN=C(NCCCCC(C)C)NCCCCn1ccccc1=O.I. The molecule has 0 unspecified atom stereocenters. The van der Waals surface area contributed by atoms with Gasteiger partial charge in [0.05, 0.1) is 0 Å². The molecule has 0 fully saturated rings. The van der Waals surface area contributed by atoms with Gasteiger partial charge in [0.2, 0.25) is 5.56 Å². The summed E-state index contributed by atoms with van der Waals surface area (Å²) in [4.78, 5) is 15.8. The minimum atomic E-state index is 0. The van der Waals surface area contributed by atoms with Crippen molar-refractivity contribution in [1.82, 2.24) is 15.2 Å². The van der Waals surface area contributed by atoms with Crippen molar-refractivity contribution in [3.8, 4) is 0 Å². The highest BCUT2D eigenvalue weighted by molar-refractivity contribution is 14.0. The van der Waals surface area contributed by atoms with Crippen molar-refractivity contribution in [1.29, 1.82) is 0 Å². The Kier molecular flexibility index (Phi) is 13.7. The van der Waals surface area contributed by atoms with Crippen LogP contribution < -0.4 is 16.2 Å². The lowest BCUT2D eigenvalue weighted by Gasteiger charge is -2.12. The molecule has 0 bridgehead atoms. The predicted octanol–water partition coefficient (Wildman–Crippen LogP) is 3.24. The molecule has 0 aromatic carbocycles. The number of hydrogen-bond acceptors (Lipinski definition) is 2. The topological polar surface area (TPSA) is 58.4 Å². The highest BCUT2D eigenvalue weighted by Crippen LogP contribution is 2.04. The molecular formula is C18H33IN4O. The first-order chi connectivity index (χ1) is 11.1. The summed E-state index contributed by atoms with van der Waals surface area (Å²) in [5, 5.41) is 6.67. The summed E-state index contributed by atoms with van der Waals surface area (Å²) >= 11 is 0. The second kappa shape index (κ2) is 14.3. The summed E-state index contributed by atoms with van der Waals surface area (Å²) in [5.41, 5.74) is 0.0688. The summed E-state index contributed by atoms with van der Waals surface area (Å²) in [7, 11) is 1.80. The van der Waals surface area contributed by atoms with Crippen molar-refractivity contribution in [2.45, 2.75) is 52.5 Å². The van der Waals surface area contributed by atoms with Crippen LogP contribution in [0.25, 0.3) is 0 Å². The van der Waals surface area contributed by atoms with Gasteiger partial charge in [0.15, 0.2) is 5.96 Å². The standard InChI is InChI=1S/C18H32N4O.HI/c1-16(2)10-4-6-12-20-18(19-3)21-13-7-9-15-22-14-8-5-11-17(22)23;/h5,8,11,14,16H,4,6-7,9-10,12-13,15H2,1-3H3,(H2,19,20,21);1H. The van der Waals surface area contributed by atoms with Crippen LogP contribution in [0.2, 0.25) is 0 Å². The third-order valence-corrected chi connectivity index (χ3v) is 3.74. The van der Waals surface area contributed by atoms with Crippen molar-refractivity contribution >= 4 is 29.9 Å². The van der Waals surface area contributed by atoms with E-state index in [9.17, 15) is 4.79 Å². The predicted molar refractivity (Wildman–Crippen MR) is 113 cm³/mol. The number of guanidine groups is 1. The Bertz CT molecular complexity index is 514. The van der Waals surface area contributed by atoms with E-state index in [2.05, 4.69) is 29.5 Å². The Morgan fingerprint density at radius 1 is 1.12 bits per heavy atom. The lowest BCUT2D eigenvalue weighted by Crippen LogP contribution is -2.38. The largest absolute Gasteiger partial charge is 0.356 e. The van der Waals surface area contributed by atoms with E-state index in [1.807, 2.05) is 12.3 Å². The number of aryl methyl sites for hydroxylation is 1. The molecule has 0 aliphatic heterocycles. The molecule has 1 rings (SSSR count). The molecular weight excluding hydrogens is 415 g/mol. The zero-order valence-electron chi connectivity index (χ0n) is 15.3. The van der Waals surface area contributed by atoms with Crippen molar-refractivity contribution < 1.29 is 0 Å². The molecule has 0 aliphatic rings. The summed E-state index contributed by atoms with van der Waals surface area (Å²) in [6, 6.07) is 5.27. The van der Waals surface area contributed by atoms with Gasteiger partial charge >= 0.3 is 0 Å². The molecule has 1 aromatic rings. The Labute approximate surface area is 163 Å². The van der Waals surface area contributed by atoms with Crippen LogP contribution in [0.4, 0.5) is 0 Å². The molecule has 5 nitrogen and oxygen atoms in total. The normalized spacial score (nSPS) is 11.2. The fraction of sp³-hybridized carbons (Fsp3) is 0.667. The number of halogens is 1. The molecule has 0 aliphatic carbocycles.